The molecule has 11 nitrogen and oxygen atoms in total. The number of nitrogens with one attached hydrogen (secondary N) is 3. The van der Waals surface area contributed by atoms with Gasteiger partial charge in [-0.25, -0.2) is 4.79 Å². The van der Waals surface area contributed by atoms with Gasteiger partial charge in [0, 0.05) is 5.75 Å². The number of thiol groups is 1. The summed E-state index contributed by atoms with van der Waals surface area (Å²) in [6.07, 6.45) is 0.678. The lowest BCUT2D eigenvalue weighted by Crippen LogP contribution is -2.60. The zero-order chi connectivity index (χ0) is 24.1. The van der Waals surface area contributed by atoms with E-state index in [9.17, 15) is 24.3 Å². The third-order valence-corrected chi connectivity index (χ3v) is 5.36. The van der Waals surface area contributed by atoms with Gasteiger partial charge in [0.25, 0.3) is 0 Å². The molecular formula is C19H37N5O6S. The van der Waals surface area contributed by atoms with Gasteiger partial charge >= 0.3 is 5.97 Å². The number of aliphatic hydroxyl groups is 1. The Morgan fingerprint density at radius 1 is 0.968 bits per heavy atom. The summed E-state index contributed by atoms with van der Waals surface area (Å²) in [4.78, 5) is 48.9. The highest BCUT2D eigenvalue weighted by Crippen LogP contribution is 2.07. The van der Waals surface area contributed by atoms with Crippen molar-refractivity contribution < 1.29 is 29.4 Å². The fourth-order valence-corrected chi connectivity index (χ4v) is 2.90. The van der Waals surface area contributed by atoms with Crippen molar-refractivity contribution in [3.05, 3.63) is 0 Å². The van der Waals surface area contributed by atoms with E-state index >= 15 is 0 Å². The average Bonchev–Trinajstić information content (AvgIpc) is 2.72. The minimum Gasteiger partial charge on any atom is -0.480 e. The Kier molecular flexibility index (Phi) is 14.1. The fourth-order valence-electron chi connectivity index (χ4n) is 2.65. The second-order valence-corrected chi connectivity index (χ2v) is 7.93. The van der Waals surface area contributed by atoms with E-state index < -0.39 is 54.0 Å². The van der Waals surface area contributed by atoms with Crippen LogP contribution in [0.2, 0.25) is 0 Å². The number of amides is 3. The first-order chi connectivity index (χ1) is 14.5. The molecule has 0 heterocycles. The number of unbranched alkanes of at least 4 members (excludes halogenated alkanes) is 1. The molecule has 0 radical (unpaired) electrons. The van der Waals surface area contributed by atoms with E-state index in [1.807, 2.05) is 6.92 Å². The van der Waals surface area contributed by atoms with Crippen LogP contribution in [0.3, 0.4) is 0 Å². The summed E-state index contributed by atoms with van der Waals surface area (Å²) in [6, 6.07) is -4.52. The lowest BCUT2D eigenvalue weighted by molar-refractivity contribution is -0.141. The van der Waals surface area contributed by atoms with Crippen LogP contribution in [0.1, 0.15) is 46.5 Å². The van der Waals surface area contributed by atoms with E-state index in [1.54, 1.807) is 6.92 Å². The van der Waals surface area contributed by atoms with Crippen LogP contribution in [-0.2, 0) is 19.2 Å². The zero-order valence-electron chi connectivity index (χ0n) is 18.3. The Morgan fingerprint density at radius 2 is 1.55 bits per heavy atom. The molecule has 0 aliphatic heterocycles. The van der Waals surface area contributed by atoms with Crippen molar-refractivity contribution in [1.82, 2.24) is 16.0 Å². The lowest BCUT2D eigenvalue weighted by atomic mass is 9.98. The van der Waals surface area contributed by atoms with E-state index in [0.29, 0.717) is 25.8 Å². The third-order valence-electron chi connectivity index (χ3n) is 5.00. The Balaban J connectivity index is 5.37. The van der Waals surface area contributed by atoms with Crippen LogP contribution in [0.25, 0.3) is 0 Å². The maximum atomic E-state index is 12.8. The maximum Gasteiger partial charge on any atom is 0.327 e. The summed E-state index contributed by atoms with van der Waals surface area (Å²) in [6.45, 7) is 5.37. The van der Waals surface area contributed by atoms with Gasteiger partial charge in [-0.15, -0.1) is 0 Å². The molecule has 9 N–H and O–H groups in total. The Morgan fingerprint density at radius 3 is 2.00 bits per heavy atom. The highest BCUT2D eigenvalue weighted by Gasteiger charge is 2.32. The number of nitrogens with two attached hydrogens (primary N) is 2. The van der Waals surface area contributed by atoms with Gasteiger partial charge < -0.3 is 37.6 Å². The molecule has 0 saturated heterocycles. The van der Waals surface area contributed by atoms with Crippen LogP contribution in [0.5, 0.6) is 0 Å². The highest BCUT2D eigenvalue weighted by atomic mass is 32.1. The number of hydrogen-bond donors (Lipinski definition) is 8. The summed E-state index contributed by atoms with van der Waals surface area (Å²) in [7, 11) is 0. The number of carbonyl (C=O) groups is 4. The molecule has 0 aromatic heterocycles. The molecule has 6 unspecified atom stereocenters. The molecule has 31 heavy (non-hydrogen) atoms. The van der Waals surface area contributed by atoms with Crippen molar-refractivity contribution in [2.75, 3.05) is 12.3 Å². The molecule has 0 aromatic rings. The normalized spacial score (nSPS) is 16.9. The summed E-state index contributed by atoms with van der Waals surface area (Å²) in [5.41, 5.74) is 11.4. The smallest absolute Gasteiger partial charge is 0.327 e. The Hall–Kier alpha value is -1.89. The van der Waals surface area contributed by atoms with Crippen LogP contribution in [-0.4, -0.2) is 76.5 Å². The van der Waals surface area contributed by atoms with Crippen molar-refractivity contribution in [2.24, 2.45) is 17.4 Å². The molecule has 0 bridgehead atoms. The van der Waals surface area contributed by atoms with Crippen molar-refractivity contribution >= 4 is 36.3 Å². The van der Waals surface area contributed by atoms with Crippen LogP contribution >= 0.6 is 12.6 Å². The van der Waals surface area contributed by atoms with Gasteiger partial charge in [0.2, 0.25) is 17.7 Å². The second kappa shape index (κ2) is 15.0. The first-order valence-electron chi connectivity index (χ1n) is 10.4. The summed E-state index contributed by atoms with van der Waals surface area (Å²) < 4.78 is 0. The summed E-state index contributed by atoms with van der Waals surface area (Å²) >= 11 is 3.90. The Bertz CT molecular complexity index is 606. The van der Waals surface area contributed by atoms with E-state index in [-0.39, 0.29) is 18.1 Å². The highest BCUT2D eigenvalue weighted by molar-refractivity contribution is 7.80. The largest absolute Gasteiger partial charge is 0.480 e. The number of aliphatic hydroxyl groups excluding tert-OH is 1. The Labute approximate surface area is 188 Å². The first kappa shape index (κ1) is 29.1. The van der Waals surface area contributed by atoms with Crippen LogP contribution in [0.4, 0.5) is 0 Å². The molecule has 3 amide bonds. The molecule has 0 aromatic carbocycles. The predicted octanol–water partition coefficient (Wildman–Crippen LogP) is -1.66. The van der Waals surface area contributed by atoms with Crippen molar-refractivity contribution in [1.29, 1.82) is 0 Å². The van der Waals surface area contributed by atoms with Gasteiger partial charge in [-0.2, -0.15) is 12.6 Å². The van der Waals surface area contributed by atoms with Gasteiger partial charge in [0.15, 0.2) is 0 Å². The van der Waals surface area contributed by atoms with E-state index in [2.05, 4.69) is 28.6 Å². The van der Waals surface area contributed by atoms with Crippen LogP contribution in [0, 0.1) is 5.92 Å². The van der Waals surface area contributed by atoms with Crippen molar-refractivity contribution in [3.63, 3.8) is 0 Å². The molecule has 180 valence electrons. The monoisotopic (exact) mass is 463 g/mol. The minimum absolute atomic E-state index is 0.135. The molecule has 0 aliphatic rings. The first-order valence-corrected chi connectivity index (χ1v) is 11.0. The SMILES string of the molecule is CCC(C)C(N)C(=O)NC(C(=O)NC(CCCCN)C(=O)NC(CS)C(=O)O)C(C)O. The van der Waals surface area contributed by atoms with Gasteiger partial charge in [-0.1, -0.05) is 20.3 Å². The number of carboxylic acids is 1. The molecular weight excluding hydrogens is 426 g/mol. The maximum absolute atomic E-state index is 12.8. The summed E-state index contributed by atoms with van der Waals surface area (Å²) in [5, 5.41) is 26.4. The summed E-state index contributed by atoms with van der Waals surface area (Å²) in [5.74, 6) is -3.63. The minimum atomic E-state index is -1.34. The number of aliphatic carboxylic acids is 1. The molecule has 6 atom stereocenters. The van der Waals surface area contributed by atoms with Crippen LogP contribution in [0.15, 0.2) is 0 Å². The topological polar surface area (TPSA) is 197 Å². The molecule has 0 fully saturated rings. The lowest BCUT2D eigenvalue weighted by Gasteiger charge is -2.27. The quantitative estimate of drug-likeness (QED) is 0.104. The van der Waals surface area contributed by atoms with E-state index in [1.165, 1.54) is 6.92 Å². The van der Waals surface area contributed by atoms with E-state index in [4.69, 9.17) is 16.6 Å². The number of carboxylic acid groups (broad SMARTS) is 1. The number of carbonyl (C=O) groups excluding carboxylic acids is 3. The molecule has 0 aliphatic carbocycles. The fraction of sp³-hybridized carbons (Fsp3) is 0.789. The van der Waals surface area contributed by atoms with Gasteiger partial charge in [-0.3, -0.25) is 14.4 Å². The van der Waals surface area contributed by atoms with Gasteiger partial charge in [0.05, 0.1) is 12.1 Å². The van der Waals surface area contributed by atoms with E-state index in [0.717, 1.165) is 0 Å². The van der Waals surface area contributed by atoms with Crippen molar-refractivity contribution in [3.8, 4) is 0 Å². The molecule has 0 rings (SSSR count). The second-order valence-electron chi connectivity index (χ2n) is 7.57. The predicted molar refractivity (Wildman–Crippen MR) is 119 cm³/mol. The van der Waals surface area contributed by atoms with Gasteiger partial charge in [0.1, 0.15) is 18.1 Å². The zero-order valence-corrected chi connectivity index (χ0v) is 19.2. The van der Waals surface area contributed by atoms with Crippen LogP contribution < -0.4 is 27.4 Å². The van der Waals surface area contributed by atoms with Crippen molar-refractivity contribution in [2.45, 2.75) is 76.7 Å². The molecule has 0 saturated carbocycles. The molecule has 0 spiro atoms. The molecule has 12 heteroatoms. The standard InChI is InChI=1S/C19H37N5O6S/c1-4-10(2)14(21)17(27)24-15(11(3)25)18(28)22-12(7-5-6-8-20)16(26)23-13(9-31)19(29)30/h10-15,25,31H,4-9,20-21H2,1-3H3,(H,22,28)(H,23,26)(H,24,27)(H,29,30). The average molecular weight is 464 g/mol. The number of rotatable bonds is 15. The number of hydrogen-bond acceptors (Lipinski definition) is 8. The van der Waals surface area contributed by atoms with Gasteiger partial charge in [-0.05, 0) is 38.6 Å². The third kappa shape index (κ3) is 10.3.